The molecular formula is C24H30N4O4. The molecule has 0 radical (unpaired) electrons. The van der Waals surface area contributed by atoms with Crippen LogP contribution in [0.15, 0.2) is 48.5 Å². The van der Waals surface area contributed by atoms with Gasteiger partial charge in [-0.3, -0.25) is 14.5 Å². The minimum absolute atomic E-state index is 0.143. The third-order valence-electron chi connectivity index (χ3n) is 5.82. The van der Waals surface area contributed by atoms with Crippen molar-refractivity contribution in [1.29, 1.82) is 0 Å². The van der Waals surface area contributed by atoms with Crippen LogP contribution >= 0.6 is 0 Å². The maximum absolute atomic E-state index is 13.0. The van der Waals surface area contributed by atoms with E-state index in [0.717, 1.165) is 21.8 Å². The van der Waals surface area contributed by atoms with Gasteiger partial charge in [0.15, 0.2) is 0 Å². The summed E-state index contributed by atoms with van der Waals surface area (Å²) in [5.41, 5.74) is 1.46. The number of hydrogen-bond acceptors (Lipinski definition) is 5. The van der Waals surface area contributed by atoms with Crippen molar-refractivity contribution in [2.75, 3.05) is 34.3 Å². The quantitative estimate of drug-likeness (QED) is 0.617. The molecule has 1 saturated heterocycles. The van der Waals surface area contributed by atoms with Crippen LogP contribution in [-0.2, 0) is 15.1 Å². The van der Waals surface area contributed by atoms with E-state index in [4.69, 9.17) is 4.74 Å². The Labute approximate surface area is 188 Å². The molecule has 2 aromatic carbocycles. The van der Waals surface area contributed by atoms with Crippen LogP contribution in [0.25, 0.3) is 0 Å². The van der Waals surface area contributed by atoms with Crippen molar-refractivity contribution in [3.63, 3.8) is 0 Å². The Hall–Kier alpha value is -3.39. The number of aryl methyl sites for hydroxylation is 1. The van der Waals surface area contributed by atoms with Gasteiger partial charge >= 0.3 is 6.03 Å². The highest BCUT2D eigenvalue weighted by atomic mass is 16.5. The lowest BCUT2D eigenvalue weighted by atomic mass is 9.91. The Morgan fingerprint density at radius 2 is 1.81 bits per heavy atom. The average molecular weight is 439 g/mol. The Morgan fingerprint density at radius 3 is 2.44 bits per heavy atom. The third kappa shape index (κ3) is 4.60. The second-order valence-electron chi connectivity index (χ2n) is 8.34. The van der Waals surface area contributed by atoms with Gasteiger partial charge in [-0.25, -0.2) is 4.79 Å². The van der Waals surface area contributed by atoms with Gasteiger partial charge in [-0.2, -0.15) is 0 Å². The van der Waals surface area contributed by atoms with E-state index in [9.17, 15) is 14.4 Å². The van der Waals surface area contributed by atoms with Crippen LogP contribution < -0.4 is 15.4 Å². The number of benzene rings is 2. The summed E-state index contributed by atoms with van der Waals surface area (Å²) in [6.07, 6.45) is 0. The number of nitrogens with zero attached hydrogens (tertiary/aromatic N) is 2. The van der Waals surface area contributed by atoms with E-state index in [-0.39, 0.29) is 12.6 Å². The van der Waals surface area contributed by atoms with Gasteiger partial charge in [0, 0.05) is 12.1 Å². The fourth-order valence-electron chi connectivity index (χ4n) is 3.85. The molecule has 8 nitrogen and oxygen atoms in total. The highest BCUT2D eigenvalue weighted by molar-refractivity contribution is 6.09. The number of hydrogen-bond donors (Lipinski definition) is 2. The number of nitrogens with one attached hydrogen (secondary N) is 2. The fraction of sp³-hybridized carbons (Fsp3) is 0.375. The molecule has 4 amide bonds. The summed E-state index contributed by atoms with van der Waals surface area (Å²) < 4.78 is 5.45. The molecule has 2 aromatic rings. The van der Waals surface area contributed by atoms with Crippen molar-refractivity contribution in [1.82, 2.24) is 20.4 Å². The van der Waals surface area contributed by atoms with Gasteiger partial charge in [-0.15, -0.1) is 0 Å². The Balaban J connectivity index is 1.68. The fourth-order valence-corrected chi connectivity index (χ4v) is 3.85. The zero-order valence-corrected chi connectivity index (χ0v) is 19.1. The minimum atomic E-state index is -1.20. The van der Waals surface area contributed by atoms with Gasteiger partial charge in [0.25, 0.3) is 5.91 Å². The predicted octanol–water partition coefficient (Wildman–Crippen LogP) is 2.19. The first kappa shape index (κ1) is 23.3. The van der Waals surface area contributed by atoms with Crippen molar-refractivity contribution in [2.45, 2.75) is 25.4 Å². The van der Waals surface area contributed by atoms with Crippen molar-refractivity contribution in [3.05, 3.63) is 65.2 Å². The number of methoxy groups -OCH3 is 1. The van der Waals surface area contributed by atoms with E-state index in [1.54, 1.807) is 14.0 Å². The molecule has 0 saturated carbocycles. The van der Waals surface area contributed by atoms with Gasteiger partial charge in [0.05, 0.1) is 13.2 Å². The lowest BCUT2D eigenvalue weighted by molar-refractivity contribution is -0.134. The van der Waals surface area contributed by atoms with Crippen LogP contribution in [0.1, 0.15) is 29.7 Å². The topological polar surface area (TPSA) is 91.0 Å². The van der Waals surface area contributed by atoms with E-state index in [2.05, 4.69) is 10.6 Å². The van der Waals surface area contributed by atoms with Crippen LogP contribution in [0, 0.1) is 6.92 Å². The molecule has 0 spiro atoms. The second kappa shape index (κ2) is 9.40. The monoisotopic (exact) mass is 438 g/mol. The lowest BCUT2D eigenvalue weighted by Gasteiger charge is -2.27. The number of likely N-dealkylation sites (N-methyl/N-ethyl adjacent to an activating group) is 1. The summed E-state index contributed by atoms with van der Waals surface area (Å²) in [5.74, 6) is -0.137. The molecule has 2 unspecified atom stereocenters. The average Bonchev–Trinajstić information content (AvgIpc) is 2.98. The van der Waals surface area contributed by atoms with E-state index in [1.165, 1.54) is 0 Å². The Kier molecular flexibility index (Phi) is 6.84. The first-order valence-corrected chi connectivity index (χ1v) is 10.4. The standard InChI is InChI=1S/C24H30N4O4/c1-16-10-12-17(13-11-16)24(2)22(30)28(23(31)26-24)15-21(29)25-14-19(27(3)4)18-8-6-7-9-20(18)32-5/h6-13,19H,14-15H2,1-5H3,(H,25,29)(H,26,31). The van der Waals surface area contributed by atoms with Crippen molar-refractivity contribution >= 4 is 17.8 Å². The predicted molar refractivity (Wildman–Crippen MR) is 121 cm³/mol. The van der Waals surface area contributed by atoms with Gasteiger partial charge < -0.3 is 20.3 Å². The van der Waals surface area contributed by atoms with Crippen molar-refractivity contribution in [3.8, 4) is 5.75 Å². The summed E-state index contributed by atoms with van der Waals surface area (Å²) in [7, 11) is 5.42. The normalized spacial score (nSPS) is 19.1. The maximum atomic E-state index is 13.0. The van der Waals surface area contributed by atoms with E-state index < -0.39 is 23.4 Å². The SMILES string of the molecule is COc1ccccc1C(CNC(=O)CN1C(=O)NC(C)(c2ccc(C)cc2)C1=O)N(C)C. The molecule has 1 fully saturated rings. The summed E-state index contributed by atoms with van der Waals surface area (Å²) in [4.78, 5) is 41.2. The van der Waals surface area contributed by atoms with Crippen LogP contribution in [0.5, 0.6) is 5.75 Å². The largest absolute Gasteiger partial charge is 0.496 e. The first-order chi connectivity index (χ1) is 15.2. The van der Waals surface area contributed by atoms with Crippen molar-refractivity contribution in [2.24, 2.45) is 0 Å². The van der Waals surface area contributed by atoms with Gasteiger partial charge in [-0.05, 0) is 39.6 Å². The first-order valence-electron chi connectivity index (χ1n) is 10.4. The van der Waals surface area contributed by atoms with Crippen LogP contribution in [0.2, 0.25) is 0 Å². The molecule has 3 rings (SSSR count). The summed E-state index contributed by atoms with van der Waals surface area (Å²) >= 11 is 0. The molecule has 0 bridgehead atoms. The third-order valence-corrected chi connectivity index (χ3v) is 5.82. The Morgan fingerprint density at radius 1 is 1.16 bits per heavy atom. The lowest BCUT2D eigenvalue weighted by Crippen LogP contribution is -2.44. The van der Waals surface area contributed by atoms with E-state index >= 15 is 0 Å². The zero-order valence-electron chi connectivity index (χ0n) is 19.1. The second-order valence-corrected chi connectivity index (χ2v) is 8.34. The molecule has 2 N–H and O–H groups in total. The van der Waals surface area contributed by atoms with Crippen LogP contribution in [-0.4, -0.2) is 61.9 Å². The summed E-state index contributed by atoms with van der Waals surface area (Å²) in [6.45, 7) is 3.55. The van der Waals surface area contributed by atoms with Crippen LogP contribution in [0.3, 0.4) is 0 Å². The molecule has 1 aliphatic rings. The number of ether oxygens (including phenoxy) is 1. The Bertz CT molecular complexity index is 1010. The maximum Gasteiger partial charge on any atom is 0.325 e. The molecule has 1 aliphatic heterocycles. The number of rotatable bonds is 8. The molecule has 0 aliphatic carbocycles. The number of imide groups is 1. The molecular weight excluding hydrogens is 408 g/mol. The van der Waals surface area contributed by atoms with Crippen LogP contribution in [0.4, 0.5) is 4.79 Å². The zero-order chi connectivity index (χ0) is 23.5. The molecule has 0 aromatic heterocycles. The summed E-state index contributed by atoms with van der Waals surface area (Å²) in [6, 6.07) is 14.3. The van der Waals surface area contributed by atoms with Gasteiger partial charge in [0.1, 0.15) is 17.8 Å². The summed E-state index contributed by atoms with van der Waals surface area (Å²) in [5, 5.41) is 5.57. The number of carbonyl (C=O) groups is 3. The number of amides is 4. The molecule has 32 heavy (non-hydrogen) atoms. The van der Waals surface area contributed by atoms with Gasteiger partial charge in [-0.1, -0.05) is 48.0 Å². The van der Waals surface area contributed by atoms with E-state index in [1.807, 2.05) is 74.4 Å². The van der Waals surface area contributed by atoms with Gasteiger partial charge in [0.2, 0.25) is 5.91 Å². The van der Waals surface area contributed by atoms with Crippen molar-refractivity contribution < 1.29 is 19.1 Å². The molecule has 2 atom stereocenters. The number of urea groups is 1. The molecule has 170 valence electrons. The minimum Gasteiger partial charge on any atom is -0.496 e. The highest BCUT2D eigenvalue weighted by Crippen LogP contribution is 2.29. The molecule has 8 heteroatoms. The number of para-hydroxylation sites is 1. The highest BCUT2D eigenvalue weighted by Gasteiger charge is 2.49. The number of carbonyl (C=O) groups excluding carboxylic acids is 3. The molecule has 1 heterocycles. The smallest absolute Gasteiger partial charge is 0.325 e. The van der Waals surface area contributed by atoms with E-state index in [0.29, 0.717) is 12.1 Å².